The second kappa shape index (κ2) is 4.13. The Morgan fingerprint density at radius 3 is 2.15 bits per heavy atom. The van der Waals surface area contributed by atoms with Crippen molar-refractivity contribution in [2.45, 2.75) is 27.7 Å². The number of aromatic amines is 1. The Labute approximate surface area is 80.2 Å². The number of aryl methyl sites for hydroxylation is 1. The molecule has 1 nitrogen and oxygen atoms in total. The lowest BCUT2D eigenvalue weighted by molar-refractivity contribution is 1.24. The van der Waals surface area contributed by atoms with Crippen LogP contribution in [-0.4, -0.2) is 4.98 Å². The van der Waals surface area contributed by atoms with Crippen molar-refractivity contribution in [1.82, 2.24) is 4.98 Å². The standard InChI is InChI=1S/C12H17N/c1-5-7-11-9(3)12(8-6-2)13-10(11)4/h5-8,13H,1-4H3/b7-5-,8-6-. The molecule has 13 heavy (non-hydrogen) atoms. The van der Waals surface area contributed by atoms with Gasteiger partial charge in [0.15, 0.2) is 0 Å². The van der Waals surface area contributed by atoms with Crippen LogP contribution in [0.5, 0.6) is 0 Å². The maximum Gasteiger partial charge on any atom is 0.0414 e. The van der Waals surface area contributed by atoms with Crippen LogP contribution in [0.3, 0.4) is 0 Å². The van der Waals surface area contributed by atoms with Crippen molar-refractivity contribution in [2.75, 3.05) is 0 Å². The largest absolute Gasteiger partial charge is 0.358 e. The highest BCUT2D eigenvalue weighted by Crippen LogP contribution is 2.20. The van der Waals surface area contributed by atoms with E-state index in [1.54, 1.807) is 0 Å². The summed E-state index contributed by atoms with van der Waals surface area (Å²) in [6.45, 7) is 8.33. The zero-order valence-electron chi connectivity index (χ0n) is 8.81. The number of allylic oxidation sites excluding steroid dienone is 2. The van der Waals surface area contributed by atoms with E-state index < -0.39 is 0 Å². The molecule has 0 saturated heterocycles. The highest BCUT2D eigenvalue weighted by atomic mass is 14.7. The average molecular weight is 175 g/mol. The van der Waals surface area contributed by atoms with Gasteiger partial charge in [-0.15, -0.1) is 0 Å². The summed E-state index contributed by atoms with van der Waals surface area (Å²) in [7, 11) is 0. The van der Waals surface area contributed by atoms with Crippen LogP contribution < -0.4 is 0 Å². The van der Waals surface area contributed by atoms with Crippen LogP contribution in [0, 0.1) is 13.8 Å². The molecule has 0 radical (unpaired) electrons. The minimum absolute atomic E-state index is 1.22. The molecule has 1 heterocycles. The van der Waals surface area contributed by atoms with E-state index in [2.05, 4.69) is 43.1 Å². The van der Waals surface area contributed by atoms with Crippen LogP contribution in [-0.2, 0) is 0 Å². The number of H-pyrrole nitrogens is 1. The number of nitrogens with one attached hydrogen (secondary N) is 1. The topological polar surface area (TPSA) is 15.8 Å². The number of hydrogen-bond acceptors (Lipinski definition) is 0. The van der Waals surface area contributed by atoms with Crippen LogP contribution >= 0.6 is 0 Å². The van der Waals surface area contributed by atoms with Crippen molar-refractivity contribution in [2.24, 2.45) is 0 Å². The Morgan fingerprint density at radius 2 is 1.62 bits per heavy atom. The second-order valence-corrected chi connectivity index (χ2v) is 3.20. The summed E-state index contributed by atoms with van der Waals surface area (Å²) in [5, 5.41) is 0. The van der Waals surface area contributed by atoms with Gasteiger partial charge in [0.05, 0.1) is 0 Å². The summed E-state index contributed by atoms with van der Waals surface area (Å²) >= 11 is 0. The van der Waals surface area contributed by atoms with Gasteiger partial charge in [0.25, 0.3) is 0 Å². The smallest absolute Gasteiger partial charge is 0.0414 e. The van der Waals surface area contributed by atoms with Crippen LogP contribution in [0.2, 0.25) is 0 Å². The number of rotatable bonds is 2. The zero-order chi connectivity index (χ0) is 9.84. The van der Waals surface area contributed by atoms with Crippen molar-refractivity contribution >= 4 is 12.2 Å². The van der Waals surface area contributed by atoms with Crippen LogP contribution in [0.15, 0.2) is 12.2 Å². The highest BCUT2D eigenvalue weighted by Gasteiger charge is 2.05. The van der Waals surface area contributed by atoms with Crippen LogP contribution in [0.1, 0.15) is 36.4 Å². The quantitative estimate of drug-likeness (QED) is 0.705. The SMILES string of the molecule is C/C=C\c1[nH]c(C)c(/C=C\C)c1C. The van der Waals surface area contributed by atoms with E-state index in [0.717, 1.165) is 0 Å². The summed E-state index contributed by atoms with van der Waals surface area (Å²) in [6.07, 6.45) is 8.38. The first kappa shape index (κ1) is 9.85. The maximum absolute atomic E-state index is 3.36. The molecule has 0 aliphatic heterocycles. The molecule has 1 heteroatoms. The Kier molecular flexibility index (Phi) is 3.13. The molecule has 0 unspecified atom stereocenters. The third-order valence-electron chi connectivity index (χ3n) is 2.20. The molecular weight excluding hydrogens is 158 g/mol. The van der Waals surface area contributed by atoms with Gasteiger partial charge in [0.2, 0.25) is 0 Å². The normalized spacial score (nSPS) is 12.0. The van der Waals surface area contributed by atoms with E-state index in [1.807, 2.05) is 13.8 Å². The maximum atomic E-state index is 3.36. The Hall–Kier alpha value is -1.24. The molecular formula is C12H17N. The van der Waals surface area contributed by atoms with Gasteiger partial charge < -0.3 is 4.98 Å². The Balaban J connectivity index is 3.21. The van der Waals surface area contributed by atoms with Gasteiger partial charge in [-0.25, -0.2) is 0 Å². The lowest BCUT2D eigenvalue weighted by Gasteiger charge is -1.92. The van der Waals surface area contributed by atoms with Gasteiger partial charge in [0, 0.05) is 11.4 Å². The van der Waals surface area contributed by atoms with E-state index in [1.165, 1.54) is 22.5 Å². The van der Waals surface area contributed by atoms with E-state index >= 15 is 0 Å². The predicted octanol–water partition coefficient (Wildman–Crippen LogP) is 3.70. The van der Waals surface area contributed by atoms with Gasteiger partial charge in [-0.1, -0.05) is 18.2 Å². The predicted molar refractivity (Wildman–Crippen MR) is 59.7 cm³/mol. The third-order valence-corrected chi connectivity index (χ3v) is 2.20. The molecule has 70 valence electrons. The fraction of sp³-hybridized carbons (Fsp3) is 0.333. The highest BCUT2D eigenvalue weighted by molar-refractivity contribution is 5.64. The van der Waals surface area contributed by atoms with Gasteiger partial charge >= 0.3 is 0 Å². The number of hydrogen-bond donors (Lipinski definition) is 1. The lowest BCUT2D eigenvalue weighted by Crippen LogP contribution is -1.76. The molecule has 0 spiro atoms. The van der Waals surface area contributed by atoms with Gasteiger partial charge in [-0.2, -0.15) is 0 Å². The van der Waals surface area contributed by atoms with Crippen molar-refractivity contribution < 1.29 is 0 Å². The fourth-order valence-electron chi connectivity index (χ4n) is 1.54. The molecule has 0 amide bonds. The van der Waals surface area contributed by atoms with Crippen molar-refractivity contribution in [3.63, 3.8) is 0 Å². The molecule has 1 aromatic rings. The second-order valence-electron chi connectivity index (χ2n) is 3.20. The molecule has 0 saturated carbocycles. The van der Waals surface area contributed by atoms with E-state index in [0.29, 0.717) is 0 Å². The van der Waals surface area contributed by atoms with Gasteiger partial charge in [-0.3, -0.25) is 0 Å². The summed E-state index contributed by atoms with van der Waals surface area (Å²) in [5.74, 6) is 0. The summed E-state index contributed by atoms with van der Waals surface area (Å²) < 4.78 is 0. The molecule has 1 N–H and O–H groups in total. The van der Waals surface area contributed by atoms with Crippen LogP contribution in [0.4, 0.5) is 0 Å². The van der Waals surface area contributed by atoms with Crippen LogP contribution in [0.25, 0.3) is 12.2 Å². The third kappa shape index (κ3) is 1.92. The van der Waals surface area contributed by atoms with Gasteiger partial charge in [0.1, 0.15) is 0 Å². The van der Waals surface area contributed by atoms with Crippen molar-refractivity contribution in [3.05, 3.63) is 34.7 Å². The first-order chi connectivity index (χ1) is 6.20. The molecule has 0 aromatic carbocycles. The van der Waals surface area contributed by atoms with Crippen molar-refractivity contribution in [1.29, 1.82) is 0 Å². The first-order valence-electron chi connectivity index (χ1n) is 4.65. The fourth-order valence-corrected chi connectivity index (χ4v) is 1.54. The summed E-state index contributed by atoms with van der Waals surface area (Å²) in [4.78, 5) is 3.36. The Bertz CT molecular complexity index is 340. The van der Waals surface area contributed by atoms with E-state index in [4.69, 9.17) is 0 Å². The zero-order valence-corrected chi connectivity index (χ0v) is 8.81. The summed E-state index contributed by atoms with van der Waals surface area (Å²) in [6, 6.07) is 0. The molecule has 0 aliphatic carbocycles. The van der Waals surface area contributed by atoms with E-state index in [9.17, 15) is 0 Å². The number of aromatic nitrogens is 1. The van der Waals surface area contributed by atoms with E-state index in [-0.39, 0.29) is 0 Å². The molecule has 0 bridgehead atoms. The monoisotopic (exact) mass is 175 g/mol. The Morgan fingerprint density at radius 1 is 1.00 bits per heavy atom. The average Bonchev–Trinajstić information content (AvgIpc) is 2.34. The lowest BCUT2D eigenvalue weighted by atomic mass is 10.1. The minimum Gasteiger partial charge on any atom is -0.358 e. The minimum atomic E-state index is 1.22. The van der Waals surface area contributed by atoms with Gasteiger partial charge in [-0.05, 0) is 44.9 Å². The molecule has 0 aliphatic rings. The molecule has 0 fully saturated rings. The summed E-state index contributed by atoms with van der Waals surface area (Å²) in [5.41, 5.74) is 5.10. The van der Waals surface area contributed by atoms with Crippen molar-refractivity contribution in [3.8, 4) is 0 Å². The molecule has 0 atom stereocenters. The molecule has 1 aromatic heterocycles. The first-order valence-corrected chi connectivity index (χ1v) is 4.65. The molecule has 1 rings (SSSR count).